The van der Waals surface area contributed by atoms with E-state index in [2.05, 4.69) is 10.3 Å². The number of hydrazine groups is 1. The van der Waals surface area contributed by atoms with Crippen LogP contribution in [0.3, 0.4) is 0 Å². The Balaban J connectivity index is 2.24. The number of rotatable bonds is 5. The number of nitrogens with one attached hydrogen (secondary N) is 2. The lowest BCUT2D eigenvalue weighted by atomic mass is 10.2. The van der Waals surface area contributed by atoms with Crippen molar-refractivity contribution in [2.45, 2.75) is 4.90 Å². The molecule has 8 heteroatoms. The summed E-state index contributed by atoms with van der Waals surface area (Å²) >= 11 is 0. The highest BCUT2D eigenvalue weighted by Crippen LogP contribution is 2.21. The van der Waals surface area contributed by atoms with Crippen LogP contribution in [0, 0.1) is 0 Å². The maximum atomic E-state index is 12.0. The molecular formula is C13H12N2O5S. The fraction of sp³-hybridized carbons (Fsp3) is 0. The number of benzene rings is 2. The molecule has 0 heterocycles. The van der Waals surface area contributed by atoms with Gasteiger partial charge in [0.05, 0.1) is 4.90 Å². The third-order valence-electron chi connectivity index (χ3n) is 2.61. The first-order valence-electron chi connectivity index (χ1n) is 5.79. The normalized spacial score (nSPS) is 11.0. The zero-order chi connectivity index (χ0) is 15.5. The largest absolute Gasteiger partial charge is 0.507 e. The van der Waals surface area contributed by atoms with E-state index in [0.29, 0.717) is 5.69 Å². The Hall–Kier alpha value is -2.58. The van der Waals surface area contributed by atoms with Gasteiger partial charge in [0.1, 0.15) is 11.3 Å². The predicted molar refractivity (Wildman–Crippen MR) is 75.5 cm³/mol. The van der Waals surface area contributed by atoms with E-state index in [-0.39, 0.29) is 4.90 Å². The van der Waals surface area contributed by atoms with E-state index in [1.807, 2.05) is 0 Å². The van der Waals surface area contributed by atoms with Crippen LogP contribution in [-0.4, -0.2) is 24.6 Å². The van der Waals surface area contributed by atoms with Gasteiger partial charge < -0.3 is 15.6 Å². The van der Waals surface area contributed by atoms with Crippen LogP contribution in [0.1, 0.15) is 10.4 Å². The highest BCUT2D eigenvalue weighted by Gasteiger charge is 2.18. The van der Waals surface area contributed by atoms with Gasteiger partial charge in [-0.25, -0.2) is 13.2 Å². The van der Waals surface area contributed by atoms with Crippen LogP contribution in [0.5, 0.6) is 5.75 Å². The number of anilines is 1. The first-order valence-corrected chi connectivity index (χ1v) is 7.27. The maximum Gasteiger partial charge on any atom is 0.339 e. The van der Waals surface area contributed by atoms with Crippen LogP contribution in [0.2, 0.25) is 0 Å². The number of carbonyl (C=O) groups is 1. The number of carboxylic acids is 1. The SMILES string of the molecule is O=C(O)c1cc(S(=O)(=O)NNc2ccccc2)ccc1O. The van der Waals surface area contributed by atoms with E-state index >= 15 is 0 Å². The van der Waals surface area contributed by atoms with Crippen LogP contribution in [0.15, 0.2) is 53.4 Å². The van der Waals surface area contributed by atoms with Gasteiger partial charge in [0.15, 0.2) is 0 Å². The second-order valence-electron chi connectivity index (χ2n) is 4.08. The molecular weight excluding hydrogens is 296 g/mol. The number of hydrogen-bond donors (Lipinski definition) is 4. The third-order valence-corrected chi connectivity index (χ3v) is 3.86. The minimum absolute atomic E-state index is 0.277. The summed E-state index contributed by atoms with van der Waals surface area (Å²) in [6.07, 6.45) is 0. The molecule has 4 N–H and O–H groups in total. The lowest BCUT2D eigenvalue weighted by Gasteiger charge is -2.10. The van der Waals surface area contributed by atoms with Gasteiger partial charge in [0.2, 0.25) is 0 Å². The van der Waals surface area contributed by atoms with Crippen molar-refractivity contribution in [1.82, 2.24) is 4.83 Å². The van der Waals surface area contributed by atoms with Crippen LogP contribution >= 0.6 is 0 Å². The molecule has 0 aliphatic heterocycles. The molecule has 0 saturated carbocycles. The molecule has 0 saturated heterocycles. The Labute approximate surface area is 120 Å². The van der Waals surface area contributed by atoms with Crippen LogP contribution in [0.4, 0.5) is 5.69 Å². The maximum absolute atomic E-state index is 12.0. The summed E-state index contributed by atoms with van der Waals surface area (Å²) in [5.41, 5.74) is 2.54. The number of aromatic hydroxyl groups is 1. The molecule has 0 radical (unpaired) electrons. The van der Waals surface area contributed by atoms with Crippen LogP contribution < -0.4 is 10.3 Å². The van der Waals surface area contributed by atoms with Gasteiger partial charge in [-0.3, -0.25) is 0 Å². The average Bonchev–Trinajstić information content (AvgIpc) is 2.46. The minimum atomic E-state index is -3.97. The number of aromatic carboxylic acids is 1. The molecule has 0 unspecified atom stereocenters. The third kappa shape index (κ3) is 3.50. The van der Waals surface area contributed by atoms with Gasteiger partial charge in [0.25, 0.3) is 10.0 Å². The molecule has 2 rings (SSSR count). The first kappa shape index (κ1) is 14.8. The van der Waals surface area contributed by atoms with Gasteiger partial charge >= 0.3 is 5.97 Å². The zero-order valence-corrected chi connectivity index (χ0v) is 11.5. The Kier molecular flexibility index (Phi) is 4.10. The van der Waals surface area contributed by atoms with Crippen molar-refractivity contribution in [3.63, 3.8) is 0 Å². The lowest BCUT2D eigenvalue weighted by molar-refractivity contribution is 0.0693. The molecule has 21 heavy (non-hydrogen) atoms. The summed E-state index contributed by atoms with van der Waals surface area (Å²) in [5, 5.41) is 18.2. The number of sulfonamides is 1. The van der Waals surface area contributed by atoms with Crippen molar-refractivity contribution in [3.8, 4) is 5.75 Å². The van der Waals surface area contributed by atoms with Crippen LogP contribution in [0.25, 0.3) is 0 Å². The zero-order valence-electron chi connectivity index (χ0n) is 10.6. The van der Waals surface area contributed by atoms with Gasteiger partial charge in [-0.1, -0.05) is 18.2 Å². The topological polar surface area (TPSA) is 116 Å². The quantitative estimate of drug-likeness (QED) is 0.620. The first-order chi connectivity index (χ1) is 9.90. The summed E-state index contributed by atoms with van der Waals surface area (Å²) in [4.78, 5) is 12.7. The number of hydrogen-bond acceptors (Lipinski definition) is 5. The van der Waals surface area contributed by atoms with Crippen molar-refractivity contribution >= 4 is 21.7 Å². The second kappa shape index (κ2) is 5.81. The Morgan fingerprint density at radius 2 is 1.71 bits per heavy atom. The van der Waals surface area contributed by atoms with E-state index in [1.54, 1.807) is 30.3 Å². The molecule has 0 fully saturated rings. The minimum Gasteiger partial charge on any atom is -0.507 e. The summed E-state index contributed by atoms with van der Waals surface area (Å²) < 4.78 is 24.1. The highest BCUT2D eigenvalue weighted by molar-refractivity contribution is 7.89. The van der Waals surface area contributed by atoms with E-state index in [9.17, 15) is 18.3 Å². The molecule has 110 valence electrons. The standard InChI is InChI=1S/C13H12N2O5S/c16-12-7-6-10(8-11(12)13(17)18)21(19,20)15-14-9-4-2-1-3-5-9/h1-8,14-16H,(H,17,18). The van der Waals surface area contributed by atoms with E-state index in [1.165, 1.54) is 0 Å². The fourth-order valence-corrected chi connectivity index (χ4v) is 2.45. The Bertz CT molecular complexity index is 759. The van der Waals surface area contributed by atoms with Crippen molar-refractivity contribution in [3.05, 3.63) is 54.1 Å². The highest BCUT2D eigenvalue weighted by atomic mass is 32.2. The summed E-state index contributed by atoms with van der Waals surface area (Å²) in [5.74, 6) is -1.92. The monoisotopic (exact) mass is 308 g/mol. The second-order valence-corrected chi connectivity index (χ2v) is 5.76. The van der Waals surface area contributed by atoms with Crippen molar-refractivity contribution in [2.75, 3.05) is 5.43 Å². The molecule has 0 bridgehead atoms. The number of para-hydroxylation sites is 1. The Morgan fingerprint density at radius 1 is 1.05 bits per heavy atom. The summed E-state index contributed by atoms with van der Waals surface area (Å²) in [6, 6.07) is 11.5. The fourth-order valence-electron chi connectivity index (χ4n) is 1.56. The molecule has 0 aliphatic carbocycles. The summed E-state index contributed by atoms with van der Waals surface area (Å²) in [7, 11) is -3.97. The number of phenols is 1. The average molecular weight is 308 g/mol. The molecule has 0 spiro atoms. The molecule has 0 atom stereocenters. The van der Waals surface area contributed by atoms with Crippen LogP contribution in [-0.2, 0) is 10.0 Å². The van der Waals surface area contributed by atoms with Crippen molar-refractivity contribution in [2.24, 2.45) is 0 Å². The van der Waals surface area contributed by atoms with Gasteiger partial charge in [-0.15, -0.1) is 4.83 Å². The van der Waals surface area contributed by atoms with Gasteiger partial charge in [0, 0.05) is 5.69 Å². The lowest BCUT2D eigenvalue weighted by Crippen LogP contribution is -2.29. The van der Waals surface area contributed by atoms with E-state index < -0.39 is 27.3 Å². The van der Waals surface area contributed by atoms with Gasteiger partial charge in [-0.2, -0.15) is 0 Å². The molecule has 2 aromatic carbocycles. The molecule has 0 aromatic heterocycles. The molecule has 0 aliphatic rings. The van der Waals surface area contributed by atoms with E-state index in [4.69, 9.17) is 5.11 Å². The van der Waals surface area contributed by atoms with Gasteiger partial charge in [-0.05, 0) is 30.3 Å². The predicted octanol–water partition coefficient (Wildman–Crippen LogP) is 1.40. The molecule has 0 amide bonds. The smallest absolute Gasteiger partial charge is 0.339 e. The van der Waals surface area contributed by atoms with E-state index in [0.717, 1.165) is 18.2 Å². The summed E-state index contributed by atoms with van der Waals surface area (Å²) in [6.45, 7) is 0. The molecule has 7 nitrogen and oxygen atoms in total. The number of carboxylic acid groups (broad SMARTS) is 1. The van der Waals surface area contributed by atoms with Crippen molar-refractivity contribution in [1.29, 1.82) is 0 Å². The molecule has 2 aromatic rings. The Morgan fingerprint density at radius 3 is 2.33 bits per heavy atom. The van der Waals surface area contributed by atoms with Crippen molar-refractivity contribution < 1.29 is 23.4 Å².